The summed E-state index contributed by atoms with van der Waals surface area (Å²) in [6, 6.07) is 14.5. The second kappa shape index (κ2) is 9.45. The number of likely N-dealkylation sites (tertiary alicyclic amines) is 1. The van der Waals surface area contributed by atoms with Crippen molar-refractivity contribution in [2.45, 2.75) is 32.6 Å². The Hall–Kier alpha value is -2.66. The van der Waals surface area contributed by atoms with Crippen LogP contribution in [-0.4, -0.2) is 42.1 Å². The SMILES string of the molecule is CC(C)C1CNC(=O)[C@H]1c1ccc(C(=O)N2CCC(C(=O)c3ccc(Cl)cc3)CC2)cc1. The van der Waals surface area contributed by atoms with Crippen LogP contribution in [0.25, 0.3) is 0 Å². The smallest absolute Gasteiger partial charge is 0.253 e. The minimum Gasteiger partial charge on any atom is -0.355 e. The van der Waals surface area contributed by atoms with Crippen LogP contribution in [0.5, 0.6) is 0 Å². The molecule has 0 bridgehead atoms. The van der Waals surface area contributed by atoms with E-state index in [2.05, 4.69) is 19.2 Å². The van der Waals surface area contributed by atoms with Gasteiger partial charge >= 0.3 is 0 Å². The van der Waals surface area contributed by atoms with Gasteiger partial charge in [-0.05, 0) is 66.6 Å². The largest absolute Gasteiger partial charge is 0.355 e. The molecule has 1 unspecified atom stereocenters. The monoisotopic (exact) mass is 452 g/mol. The van der Waals surface area contributed by atoms with Gasteiger partial charge in [0.25, 0.3) is 5.91 Å². The van der Waals surface area contributed by atoms with Crippen LogP contribution < -0.4 is 5.32 Å². The molecule has 1 N–H and O–H groups in total. The minimum absolute atomic E-state index is 0.0229. The molecule has 2 aliphatic heterocycles. The van der Waals surface area contributed by atoms with Crippen molar-refractivity contribution < 1.29 is 14.4 Å². The molecule has 2 heterocycles. The van der Waals surface area contributed by atoms with E-state index in [9.17, 15) is 14.4 Å². The van der Waals surface area contributed by atoms with E-state index in [4.69, 9.17) is 11.6 Å². The summed E-state index contributed by atoms with van der Waals surface area (Å²) in [5, 5.41) is 3.58. The molecule has 2 amide bonds. The van der Waals surface area contributed by atoms with Crippen molar-refractivity contribution in [1.82, 2.24) is 10.2 Å². The molecule has 0 aliphatic carbocycles. The predicted octanol–water partition coefficient (Wildman–Crippen LogP) is 4.56. The zero-order chi connectivity index (χ0) is 22.8. The van der Waals surface area contributed by atoms with Gasteiger partial charge in [-0.2, -0.15) is 0 Å². The number of ketones is 1. The Kier molecular flexibility index (Phi) is 6.66. The summed E-state index contributed by atoms with van der Waals surface area (Å²) in [5.41, 5.74) is 2.25. The van der Waals surface area contributed by atoms with E-state index in [1.165, 1.54) is 0 Å². The number of rotatable bonds is 5. The highest BCUT2D eigenvalue weighted by atomic mass is 35.5. The number of nitrogens with zero attached hydrogens (tertiary/aromatic N) is 1. The van der Waals surface area contributed by atoms with Gasteiger partial charge in [-0.15, -0.1) is 0 Å². The number of halogens is 1. The fourth-order valence-corrected chi connectivity index (χ4v) is 5.00. The highest BCUT2D eigenvalue weighted by Gasteiger charge is 2.37. The Bertz CT molecular complexity index is 993. The highest BCUT2D eigenvalue weighted by molar-refractivity contribution is 6.30. The number of hydrogen-bond acceptors (Lipinski definition) is 3. The first-order valence-electron chi connectivity index (χ1n) is 11.3. The van der Waals surface area contributed by atoms with Gasteiger partial charge in [-0.3, -0.25) is 14.4 Å². The van der Waals surface area contributed by atoms with Crippen LogP contribution in [0.3, 0.4) is 0 Å². The second-order valence-electron chi connectivity index (χ2n) is 9.19. The fourth-order valence-electron chi connectivity index (χ4n) is 4.87. The van der Waals surface area contributed by atoms with Crippen molar-refractivity contribution in [2.75, 3.05) is 19.6 Å². The minimum atomic E-state index is -0.159. The van der Waals surface area contributed by atoms with E-state index in [-0.39, 0.29) is 35.4 Å². The number of benzene rings is 2. The summed E-state index contributed by atoms with van der Waals surface area (Å²) in [6.45, 7) is 6.09. The number of hydrogen-bond donors (Lipinski definition) is 1. The zero-order valence-electron chi connectivity index (χ0n) is 18.5. The van der Waals surface area contributed by atoms with Crippen LogP contribution in [0, 0.1) is 17.8 Å². The molecule has 32 heavy (non-hydrogen) atoms. The van der Waals surface area contributed by atoms with E-state index in [1.54, 1.807) is 24.3 Å². The maximum absolute atomic E-state index is 13.0. The molecule has 168 valence electrons. The summed E-state index contributed by atoms with van der Waals surface area (Å²) < 4.78 is 0. The third-order valence-corrected chi connectivity index (χ3v) is 7.13. The molecule has 2 saturated heterocycles. The number of nitrogens with one attached hydrogen (secondary N) is 1. The lowest BCUT2D eigenvalue weighted by Crippen LogP contribution is -2.40. The van der Waals surface area contributed by atoms with Crippen LogP contribution >= 0.6 is 11.6 Å². The van der Waals surface area contributed by atoms with Gasteiger partial charge in [0.1, 0.15) is 0 Å². The predicted molar refractivity (Wildman–Crippen MR) is 125 cm³/mol. The second-order valence-corrected chi connectivity index (χ2v) is 9.63. The quantitative estimate of drug-likeness (QED) is 0.676. The maximum atomic E-state index is 13.0. The molecule has 2 aromatic carbocycles. The van der Waals surface area contributed by atoms with Crippen LogP contribution in [0.4, 0.5) is 0 Å². The number of amides is 2. The molecule has 5 nitrogen and oxygen atoms in total. The zero-order valence-corrected chi connectivity index (χ0v) is 19.3. The first-order chi connectivity index (χ1) is 15.3. The molecular formula is C26H29ClN2O3. The summed E-state index contributed by atoms with van der Waals surface area (Å²) in [4.78, 5) is 39.9. The lowest BCUT2D eigenvalue weighted by atomic mass is 9.81. The average Bonchev–Trinajstić information content (AvgIpc) is 3.20. The van der Waals surface area contributed by atoms with Crippen LogP contribution in [0.15, 0.2) is 48.5 Å². The molecule has 0 spiro atoms. The van der Waals surface area contributed by atoms with E-state index in [0.717, 1.165) is 5.56 Å². The molecule has 2 aromatic rings. The van der Waals surface area contributed by atoms with E-state index in [1.807, 2.05) is 29.2 Å². The van der Waals surface area contributed by atoms with Gasteiger partial charge in [0, 0.05) is 41.7 Å². The lowest BCUT2D eigenvalue weighted by Gasteiger charge is -2.31. The van der Waals surface area contributed by atoms with Gasteiger partial charge in [0.05, 0.1) is 5.92 Å². The van der Waals surface area contributed by atoms with Crippen molar-refractivity contribution in [3.63, 3.8) is 0 Å². The highest BCUT2D eigenvalue weighted by Crippen LogP contribution is 2.34. The van der Waals surface area contributed by atoms with E-state index < -0.39 is 0 Å². The molecule has 2 aliphatic rings. The molecule has 6 heteroatoms. The van der Waals surface area contributed by atoms with Gasteiger partial charge < -0.3 is 10.2 Å². The van der Waals surface area contributed by atoms with Crippen molar-refractivity contribution in [2.24, 2.45) is 17.8 Å². The summed E-state index contributed by atoms with van der Waals surface area (Å²) in [5.74, 6) is 0.594. The van der Waals surface area contributed by atoms with Gasteiger partial charge in [-0.25, -0.2) is 0 Å². The lowest BCUT2D eigenvalue weighted by molar-refractivity contribution is -0.120. The third-order valence-electron chi connectivity index (χ3n) is 6.88. The van der Waals surface area contributed by atoms with Crippen LogP contribution in [0.2, 0.25) is 5.02 Å². The number of carbonyl (C=O) groups excluding carboxylic acids is 3. The maximum Gasteiger partial charge on any atom is 0.253 e. The number of piperidine rings is 1. The Morgan fingerprint density at radius 1 is 0.969 bits per heavy atom. The molecular weight excluding hydrogens is 424 g/mol. The van der Waals surface area contributed by atoms with E-state index >= 15 is 0 Å². The molecule has 2 atom stereocenters. The van der Waals surface area contributed by atoms with Crippen LogP contribution in [-0.2, 0) is 4.79 Å². The fraction of sp³-hybridized carbons (Fsp3) is 0.423. The molecule has 0 radical (unpaired) electrons. The Morgan fingerprint density at radius 3 is 2.16 bits per heavy atom. The Labute approximate surface area is 194 Å². The average molecular weight is 453 g/mol. The van der Waals surface area contributed by atoms with Gasteiger partial charge in [0.2, 0.25) is 5.91 Å². The Balaban J connectivity index is 1.37. The molecule has 0 aromatic heterocycles. The van der Waals surface area contributed by atoms with E-state index in [0.29, 0.717) is 54.5 Å². The first-order valence-corrected chi connectivity index (χ1v) is 11.7. The van der Waals surface area contributed by atoms with Gasteiger partial charge in [0.15, 0.2) is 5.78 Å². The van der Waals surface area contributed by atoms with Crippen molar-refractivity contribution >= 4 is 29.2 Å². The summed E-state index contributed by atoms with van der Waals surface area (Å²) >= 11 is 5.91. The standard InChI is InChI=1S/C26H29ClN2O3/c1-16(2)22-15-28-25(31)23(22)17-3-5-20(6-4-17)26(32)29-13-11-19(12-14-29)24(30)18-7-9-21(27)10-8-18/h3-10,16,19,22-23H,11-15H2,1-2H3,(H,28,31)/t22?,23-/m0/s1. The van der Waals surface area contributed by atoms with Crippen LogP contribution in [0.1, 0.15) is 58.9 Å². The van der Waals surface area contributed by atoms with Crippen molar-refractivity contribution in [3.05, 3.63) is 70.2 Å². The topological polar surface area (TPSA) is 66.5 Å². The van der Waals surface area contributed by atoms with Crippen molar-refractivity contribution in [1.29, 1.82) is 0 Å². The summed E-state index contributed by atoms with van der Waals surface area (Å²) in [7, 11) is 0. The Morgan fingerprint density at radius 2 is 1.56 bits per heavy atom. The molecule has 0 saturated carbocycles. The van der Waals surface area contributed by atoms with Gasteiger partial charge in [-0.1, -0.05) is 37.6 Å². The first kappa shape index (κ1) is 22.5. The third kappa shape index (κ3) is 4.58. The van der Waals surface area contributed by atoms with Crippen molar-refractivity contribution in [3.8, 4) is 0 Å². The number of carbonyl (C=O) groups is 3. The molecule has 4 rings (SSSR count). The summed E-state index contributed by atoms with van der Waals surface area (Å²) in [6.07, 6.45) is 1.31. The normalized spacial score (nSPS) is 21.6. The number of Topliss-reactive ketones (excluding diaryl/α,β-unsaturated/α-hetero) is 1. The molecule has 2 fully saturated rings.